The van der Waals surface area contributed by atoms with Crippen LogP contribution in [0.2, 0.25) is 5.02 Å². The van der Waals surface area contributed by atoms with Crippen LogP contribution in [-0.2, 0) is 9.59 Å². The largest absolute Gasteiger partial charge is 0.478 e. The van der Waals surface area contributed by atoms with Crippen LogP contribution >= 0.6 is 27.5 Å². The van der Waals surface area contributed by atoms with Gasteiger partial charge in [-0.1, -0.05) is 27.5 Å². The lowest BCUT2D eigenvalue weighted by Gasteiger charge is -2.26. The van der Waals surface area contributed by atoms with Gasteiger partial charge in [-0.15, -0.1) is 0 Å². The van der Waals surface area contributed by atoms with Crippen LogP contribution < -0.4 is 15.0 Å². The van der Waals surface area contributed by atoms with E-state index in [9.17, 15) is 14.4 Å². The molecule has 0 unspecified atom stereocenters. The second-order valence-corrected chi connectivity index (χ2v) is 6.92. The Morgan fingerprint density at radius 1 is 1.18 bits per heavy atom. The van der Waals surface area contributed by atoms with E-state index in [0.717, 1.165) is 4.90 Å². The van der Waals surface area contributed by atoms with E-state index in [1.54, 1.807) is 18.2 Å². The molecule has 0 radical (unpaired) electrons. The Bertz CT molecular complexity index is 1040. The summed E-state index contributed by atoms with van der Waals surface area (Å²) >= 11 is 9.16. The van der Waals surface area contributed by atoms with E-state index in [4.69, 9.17) is 21.6 Å². The van der Waals surface area contributed by atoms with Crippen molar-refractivity contribution in [3.8, 4) is 11.8 Å². The quantitative estimate of drug-likeness (QED) is 0.554. The van der Waals surface area contributed by atoms with Gasteiger partial charge in [-0.05, 0) is 48.5 Å². The molecule has 0 saturated carbocycles. The van der Waals surface area contributed by atoms with Gasteiger partial charge in [0.05, 0.1) is 5.69 Å². The Morgan fingerprint density at radius 3 is 2.57 bits per heavy atom. The lowest BCUT2D eigenvalue weighted by atomic mass is 10.1. The van der Waals surface area contributed by atoms with Gasteiger partial charge in [-0.25, -0.2) is 9.69 Å². The predicted molar refractivity (Wildman–Crippen MR) is 106 cm³/mol. The van der Waals surface area contributed by atoms with E-state index >= 15 is 0 Å². The third-order valence-corrected chi connectivity index (χ3v) is 4.50. The number of nitrogens with one attached hydrogen (secondary N) is 1. The van der Waals surface area contributed by atoms with Crippen molar-refractivity contribution in [2.45, 2.75) is 0 Å². The molecule has 0 aliphatic carbocycles. The van der Waals surface area contributed by atoms with Crippen LogP contribution in [0, 0.1) is 11.3 Å². The van der Waals surface area contributed by atoms with Crippen LogP contribution in [0.4, 0.5) is 10.5 Å². The number of ether oxygens (including phenoxy) is 1. The second-order valence-electron chi connectivity index (χ2n) is 5.56. The number of halogens is 2. The fourth-order valence-corrected chi connectivity index (χ4v) is 3.02. The molecule has 1 fully saturated rings. The summed E-state index contributed by atoms with van der Waals surface area (Å²) in [6.45, 7) is -0.201. The Kier molecular flexibility index (Phi) is 5.78. The maximum absolute atomic E-state index is 12.9. The van der Waals surface area contributed by atoms with E-state index in [-0.39, 0.29) is 17.9 Å². The molecule has 2 aromatic rings. The Morgan fingerprint density at radius 2 is 1.89 bits per heavy atom. The van der Waals surface area contributed by atoms with Gasteiger partial charge in [0, 0.05) is 15.1 Å². The highest BCUT2D eigenvalue weighted by Gasteiger charge is 2.37. The van der Waals surface area contributed by atoms with Crippen molar-refractivity contribution < 1.29 is 19.1 Å². The number of nitriles is 1. The lowest BCUT2D eigenvalue weighted by Crippen LogP contribution is -2.54. The first-order valence-electron chi connectivity index (χ1n) is 7.87. The molecule has 28 heavy (non-hydrogen) atoms. The van der Waals surface area contributed by atoms with Crippen LogP contribution in [0.25, 0.3) is 6.08 Å². The van der Waals surface area contributed by atoms with Gasteiger partial charge in [0.25, 0.3) is 11.8 Å². The molecule has 2 aromatic carbocycles. The van der Waals surface area contributed by atoms with Gasteiger partial charge in [-0.2, -0.15) is 5.26 Å². The number of nitrogens with zero attached hydrogens (tertiary/aromatic N) is 2. The minimum Gasteiger partial charge on any atom is -0.478 e. The number of barbiturate groups is 1. The van der Waals surface area contributed by atoms with E-state index in [0.29, 0.717) is 20.8 Å². The molecule has 1 aliphatic heterocycles. The first kappa shape index (κ1) is 19.6. The third kappa shape index (κ3) is 4.06. The highest BCUT2D eigenvalue weighted by atomic mass is 79.9. The molecule has 3 rings (SSSR count). The Balaban J connectivity index is 2.03. The average molecular weight is 461 g/mol. The third-order valence-electron chi connectivity index (χ3n) is 3.75. The summed E-state index contributed by atoms with van der Waals surface area (Å²) in [4.78, 5) is 38.2. The highest BCUT2D eigenvalue weighted by Crippen LogP contribution is 2.28. The van der Waals surface area contributed by atoms with Crippen molar-refractivity contribution in [1.82, 2.24) is 5.32 Å². The van der Waals surface area contributed by atoms with Crippen molar-refractivity contribution in [1.29, 1.82) is 5.26 Å². The minimum absolute atomic E-state index is 0.201. The van der Waals surface area contributed by atoms with Gasteiger partial charge < -0.3 is 4.74 Å². The number of rotatable bonds is 4. The van der Waals surface area contributed by atoms with E-state index in [2.05, 4.69) is 21.2 Å². The molecular weight excluding hydrogens is 450 g/mol. The van der Waals surface area contributed by atoms with Gasteiger partial charge >= 0.3 is 6.03 Å². The summed E-state index contributed by atoms with van der Waals surface area (Å²) < 4.78 is 6.01. The standard InChI is InChI=1S/C19H11BrClN3O4/c20-12-1-6-16(28-8-7-22)11(9-12)10-15-17(25)23-19(27)24(18(15)26)14-4-2-13(21)3-5-14/h1-6,9-10H,8H2,(H,23,25,27)/b15-10+. The molecule has 0 aromatic heterocycles. The number of benzene rings is 2. The van der Waals surface area contributed by atoms with Gasteiger partial charge in [0.1, 0.15) is 17.4 Å². The van der Waals surface area contributed by atoms with Crippen LogP contribution in [0.5, 0.6) is 5.75 Å². The van der Waals surface area contributed by atoms with Gasteiger partial charge in [0.2, 0.25) is 0 Å². The van der Waals surface area contributed by atoms with Crippen molar-refractivity contribution in [3.05, 3.63) is 63.1 Å². The van der Waals surface area contributed by atoms with E-state index < -0.39 is 17.8 Å². The summed E-state index contributed by atoms with van der Waals surface area (Å²) in [5.74, 6) is -1.30. The van der Waals surface area contributed by atoms with E-state index in [1.807, 2.05) is 6.07 Å². The van der Waals surface area contributed by atoms with Crippen LogP contribution in [0.15, 0.2) is 52.5 Å². The van der Waals surface area contributed by atoms with Crippen LogP contribution in [0.3, 0.4) is 0 Å². The number of hydrogen-bond donors (Lipinski definition) is 1. The zero-order valence-electron chi connectivity index (χ0n) is 14.1. The van der Waals surface area contributed by atoms with Crippen molar-refractivity contribution in [2.24, 2.45) is 0 Å². The maximum Gasteiger partial charge on any atom is 0.335 e. The van der Waals surface area contributed by atoms with Crippen molar-refractivity contribution >= 4 is 57.1 Å². The molecule has 1 saturated heterocycles. The summed E-state index contributed by atoms with van der Waals surface area (Å²) in [5.41, 5.74) is 0.406. The van der Waals surface area contributed by atoms with Crippen molar-refractivity contribution in [2.75, 3.05) is 11.5 Å². The smallest absolute Gasteiger partial charge is 0.335 e. The summed E-state index contributed by atoms with van der Waals surface area (Å²) in [7, 11) is 0. The molecule has 1 aliphatic rings. The van der Waals surface area contributed by atoms with Crippen LogP contribution in [0.1, 0.15) is 5.56 Å². The summed E-state index contributed by atoms with van der Waals surface area (Å²) in [6.07, 6.45) is 1.31. The van der Waals surface area contributed by atoms with Crippen molar-refractivity contribution in [3.63, 3.8) is 0 Å². The van der Waals surface area contributed by atoms with Crippen LogP contribution in [-0.4, -0.2) is 24.5 Å². The SMILES string of the molecule is N#CCOc1ccc(Br)cc1/C=C1\C(=O)NC(=O)N(c2ccc(Cl)cc2)C1=O. The predicted octanol–water partition coefficient (Wildman–Crippen LogP) is 3.67. The monoisotopic (exact) mass is 459 g/mol. The Labute approximate surface area is 173 Å². The molecule has 1 heterocycles. The molecule has 1 N–H and O–H groups in total. The topological polar surface area (TPSA) is 99.5 Å². The molecule has 0 bridgehead atoms. The normalized spacial score (nSPS) is 15.4. The minimum atomic E-state index is -0.857. The lowest BCUT2D eigenvalue weighted by molar-refractivity contribution is -0.122. The zero-order chi connectivity index (χ0) is 20.3. The summed E-state index contributed by atoms with van der Waals surface area (Å²) in [6, 6.07) is 12.0. The number of imide groups is 2. The number of anilines is 1. The van der Waals surface area contributed by atoms with Gasteiger partial charge in [-0.3, -0.25) is 14.9 Å². The fourth-order valence-electron chi connectivity index (χ4n) is 2.51. The molecule has 9 heteroatoms. The number of carbonyl (C=O) groups excluding carboxylic acids is 3. The first-order chi connectivity index (χ1) is 13.4. The zero-order valence-corrected chi connectivity index (χ0v) is 16.5. The molecule has 0 atom stereocenters. The first-order valence-corrected chi connectivity index (χ1v) is 9.04. The molecular formula is C19H11BrClN3O4. The molecule has 4 amide bonds. The highest BCUT2D eigenvalue weighted by molar-refractivity contribution is 9.10. The molecule has 7 nitrogen and oxygen atoms in total. The Hall–Kier alpha value is -3.15. The number of amides is 4. The number of hydrogen-bond acceptors (Lipinski definition) is 5. The summed E-state index contributed by atoms with van der Waals surface area (Å²) in [5, 5.41) is 11.3. The second kappa shape index (κ2) is 8.25. The number of carbonyl (C=O) groups is 3. The van der Waals surface area contributed by atoms with Gasteiger partial charge in [0.15, 0.2) is 6.61 Å². The fraction of sp³-hybridized carbons (Fsp3) is 0.0526. The van der Waals surface area contributed by atoms with E-state index in [1.165, 1.54) is 30.3 Å². The molecule has 0 spiro atoms. The number of urea groups is 1. The maximum atomic E-state index is 12.9. The molecule has 140 valence electrons. The average Bonchev–Trinajstić information content (AvgIpc) is 2.66.